The Morgan fingerprint density at radius 2 is 1.81 bits per heavy atom. The molecule has 1 aliphatic heterocycles. The predicted octanol–water partition coefficient (Wildman–Crippen LogP) is 4.71. The SMILES string of the molecule is CC(C)(C)OC(=O)N[C@H]1CC[C@H](CCN2CCc3cnn(CCC(F)(F)F)c3CC2)CC1. The van der Waals surface area contributed by atoms with E-state index in [0.29, 0.717) is 5.92 Å². The van der Waals surface area contributed by atoms with E-state index >= 15 is 0 Å². The number of hydrogen-bond donors (Lipinski definition) is 1. The Hall–Kier alpha value is -1.77. The first kappa shape index (κ1) is 24.9. The van der Waals surface area contributed by atoms with E-state index in [2.05, 4.69) is 15.3 Å². The molecule has 1 aliphatic carbocycles. The van der Waals surface area contributed by atoms with Gasteiger partial charge in [-0.1, -0.05) is 0 Å². The maximum Gasteiger partial charge on any atom is 0.407 e. The summed E-state index contributed by atoms with van der Waals surface area (Å²) in [5, 5.41) is 7.18. The molecule has 0 aromatic carbocycles. The van der Waals surface area contributed by atoms with Gasteiger partial charge in [0.2, 0.25) is 0 Å². The van der Waals surface area contributed by atoms with Gasteiger partial charge in [-0.05, 0) is 77.3 Å². The van der Waals surface area contributed by atoms with E-state index in [0.717, 1.165) is 75.8 Å². The number of carbonyl (C=O) groups is 1. The van der Waals surface area contributed by atoms with Gasteiger partial charge in [0, 0.05) is 37.8 Å². The van der Waals surface area contributed by atoms with Crippen LogP contribution in [0.3, 0.4) is 0 Å². The minimum Gasteiger partial charge on any atom is -0.444 e. The van der Waals surface area contributed by atoms with Crippen LogP contribution >= 0.6 is 0 Å². The fourth-order valence-corrected chi connectivity index (χ4v) is 4.69. The van der Waals surface area contributed by atoms with Crippen LogP contribution in [0.2, 0.25) is 0 Å². The lowest BCUT2D eigenvalue weighted by Gasteiger charge is -2.31. The van der Waals surface area contributed by atoms with E-state index in [1.54, 1.807) is 10.9 Å². The van der Waals surface area contributed by atoms with Crippen LogP contribution in [0.25, 0.3) is 0 Å². The molecule has 0 spiro atoms. The summed E-state index contributed by atoms with van der Waals surface area (Å²) in [6.07, 6.45) is 3.28. The van der Waals surface area contributed by atoms with Gasteiger partial charge in [0.1, 0.15) is 5.60 Å². The van der Waals surface area contributed by atoms with Crippen molar-refractivity contribution in [2.24, 2.45) is 5.92 Å². The summed E-state index contributed by atoms with van der Waals surface area (Å²) in [6, 6.07) is 0.188. The first-order valence-electron chi connectivity index (χ1n) is 11.8. The fourth-order valence-electron chi connectivity index (χ4n) is 4.69. The molecule has 1 N–H and O–H groups in total. The summed E-state index contributed by atoms with van der Waals surface area (Å²) < 4.78 is 44.6. The minimum atomic E-state index is -4.16. The molecule has 0 atom stereocenters. The Kier molecular flexibility index (Phi) is 8.11. The molecule has 1 aromatic rings. The highest BCUT2D eigenvalue weighted by molar-refractivity contribution is 5.68. The zero-order valence-corrected chi connectivity index (χ0v) is 19.5. The predicted molar refractivity (Wildman–Crippen MR) is 116 cm³/mol. The first-order valence-corrected chi connectivity index (χ1v) is 11.8. The molecule has 1 aromatic heterocycles. The number of halogens is 3. The first-order chi connectivity index (χ1) is 15.0. The number of nitrogens with one attached hydrogen (secondary N) is 1. The van der Waals surface area contributed by atoms with Crippen molar-refractivity contribution in [2.75, 3.05) is 19.6 Å². The van der Waals surface area contributed by atoms with Gasteiger partial charge in [0.15, 0.2) is 0 Å². The van der Waals surface area contributed by atoms with E-state index in [4.69, 9.17) is 4.74 Å². The number of nitrogens with zero attached hydrogens (tertiary/aromatic N) is 3. The monoisotopic (exact) mass is 458 g/mol. The fraction of sp³-hybridized carbons (Fsp3) is 0.826. The second kappa shape index (κ2) is 10.4. The number of aryl methyl sites for hydroxylation is 1. The number of amides is 1. The molecule has 1 amide bonds. The standard InChI is InChI=1S/C23H37F3N4O2/c1-22(2,3)32-21(31)28-19-6-4-17(5-7-19)8-12-29-13-9-18-16-27-30(20(18)10-14-29)15-11-23(24,25)26/h16-17,19H,4-15H2,1-3H3,(H,28,31)/t17-,19-. The summed E-state index contributed by atoms with van der Waals surface area (Å²) >= 11 is 0. The highest BCUT2D eigenvalue weighted by Crippen LogP contribution is 2.28. The normalized spacial score (nSPS) is 22.8. The van der Waals surface area contributed by atoms with Gasteiger partial charge in [-0.25, -0.2) is 4.79 Å². The Bertz CT molecular complexity index is 749. The van der Waals surface area contributed by atoms with Gasteiger partial charge in [-0.15, -0.1) is 0 Å². The van der Waals surface area contributed by atoms with Crippen molar-refractivity contribution < 1.29 is 22.7 Å². The second-order valence-corrected chi connectivity index (χ2v) is 10.2. The summed E-state index contributed by atoms with van der Waals surface area (Å²) in [7, 11) is 0. The number of alkyl carbamates (subject to hydrolysis) is 1. The van der Waals surface area contributed by atoms with Gasteiger partial charge in [0.25, 0.3) is 0 Å². The Labute approximate surface area is 188 Å². The zero-order valence-electron chi connectivity index (χ0n) is 19.5. The maximum atomic E-state index is 12.6. The van der Waals surface area contributed by atoms with Crippen molar-refractivity contribution in [1.29, 1.82) is 0 Å². The summed E-state index contributed by atoms with van der Waals surface area (Å²) in [6.45, 7) is 8.29. The highest BCUT2D eigenvalue weighted by Gasteiger charge is 2.28. The smallest absolute Gasteiger partial charge is 0.407 e. The topological polar surface area (TPSA) is 59.4 Å². The summed E-state index contributed by atoms with van der Waals surface area (Å²) in [4.78, 5) is 14.4. The van der Waals surface area contributed by atoms with Crippen molar-refractivity contribution in [2.45, 2.75) is 96.5 Å². The van der Waals surface area contributed by atoms with Crippen LogP contribution < -0.4 is 5.32 Å². The lowest BCUT2D eigenvalue weighted by Crippen LogP contribution is -2.41. The third-order valence-corrected chi connectivity index (χ3v) is 6.43. The average Bonchev–Trinajstić information content (AvgIpc) is 2.95. The largest absolute Gasteiger partial charge is 0.444 e. The van der Waals surface area contributed by atoms with Crippen LogP contribution in [-0.2, 0) is 24.1 Å². The molecule has 32 heavy (non-hydrogen) atoms. The van der Waals surface area contributed by atoms with Gasteiger partial charge < -0.3 is 15.0 Å². The van der Waals surface area contributed by atoms with Gasteiger partial charge in [-0.2, -0.15) is 18.3 Å². The van der Waals surface area contributed by atoms with Crippen LogP contribution in [0.4, 0.5) is 18.0 Å². The van der Waals surface area contributed by atoms with Crippen LogP contribution in [0, 0.1) is 5.92 Å². The molecule has 6 nitrogen and oxygen atoms in total. The molecule has 1 fully saturated rings. The lowest BCUT2D eigenvalue weighted by molar-refractivity contribution is -0.137. The van der Waals surface area contributed by atoms with Crippen molar-refractivity contribution in [1.82, 2.24) is 20.0 Å². The number of rotatable bonds is 6. The molecule has 9 heteroatoms. The van der Waals surface area contributed by atoms with E-state index in [1.807, 2.05) is 20.8 Å². The molecule has 0 radical (unpaired) electrons. The Balaban J connectivity index is 1.37. The summed E-state index contributed by atoms with van der Waals surface area (Å²) in [5.41, 5.74) is 1.57. The van der Waals surface area contributed by atoms with Crippen molar-refractivity contribution in [3.8, 4) is 0 Å². The average molecular weight is 459 g/mol. The van der Waals surface area contributed by atoms with E-state index in [-0.39, 0.29) is 18.7 Å². The van der Waals surface area contributed by atoms with Crippen LogP contribution in [0.1, 0.15) is 70.6 Å². The second-order valence-electron chi connectivity index (χ2n) is 10.2. The molecule has 1 saturated carbocycles. The van der Waals surface area contributed by atoms with Crippen LogP contribution in [0.5, 0.6) is 0 Å². The van der Waals surface area contributed by atoms with Crippen LogP contribution in [0.15, 0.2) is 6.20 Å². The maximum absolute atomic E-state index is 12.6. The quantitative estimate of drug-likeness (QED) is 0.671. The molecule has 0 bridgehead atoms. The van der Waals surface area contributed by atoms with E-state index in [9.17, 15) is 18.0 Å². The third kappa shape index (κ3) is 7.98. The number of carbonyl (C=O) groups excluding carboxylic acids is 1. The lowest BCUT2D eigenvalue weighted by atomic mass is 9.84. The molecule has 2 aliphatic rings. The van der Waals surface area contributed by atoms with Crippen molar-refractivity contribution in [3.05, 3.63) is 17.5 Å². The van der Waals surface area contributed by atoms with Crippen molar-refractivity contribution in [3.63, 3.8) is 0 Å². The van der Waals surface area contributed by atoms with Crippen LogP contribution in [-0.4, -0.2) is 58.2 Å². The molecule has 0 saturated heterocycles. The van der Waals surface area contributed by atoms with Gasteiger partial charge in [0.05, 0.1) is 12.6 Å². The van der Waals surface area contributed by atoms with Gasteiger partial charge in [-0.3, -0.25) is 4.68 Å². The van der Waals surface area contributed by atoms with E-state index in [1.165, 1.54) is 0 Å². The zero-order chi connectivity index (χ0) is 23.4. The van der Waals surface area contributed by atoms with E-state index < -0.39 is 18.2 Å². The number of alkyl halides is 3. The highest BCUT2D eigenvalue weighted by atomic mass is 19.4. The molecular weight excluding hydrogens is 421 g/mol. The third-order valence-electron chi connectivity index (χ3n) is 6.43. The Morgan fingerprint density at radius 1 is 1.12 bits per heavy atom. The minimum absolute atomic E-state index is 0.0978. The molecular formula is C23H37F3N4O2. The molecule has 3 rings (SSSR count). The number of hydrogen-bond acceptors (Lipinski definition) is 4. The summed E-state index contributed by atoms with van der Waals surface area (Å²) in [5.74, 6) is 0.652. The number of ether oxygens (including phenoxy) is 1. The molecule has 0 unspecified atom stereocenters. The number of fused-ring (bicyclic) bond motifs is 1. The van der Waals surface area contributed by atoms with Gasteiger partial charge >= 0.3 is 12.3 Å². The number of aromatic nitrogens is 2. The van der Waals surface area contributed by atoms with Crippen molar-refractivity contribution >= 4 is 6.09 Å². The molecule has 2 heterocycles. The Morgan fingerprint density at radius 3 is 2.47 bits per heavy atom. The molecule has 182 valence electrons.